The fourth-order valence-electron chi connectivity index (χ4n) is 1.37. The first-order valence-electron chi connectivity index (χ1n) is 5.37. The van der Waals surface area contributed by atoms with E-state index in [9.17, 15) is 8.42 Å². The van der Waals surface area contributed by atoms with Crippen LogP contribution >= 0.6 is 23.1 Å². The lowest BCUT2D eigenvalue weighted by Gasteiger charge is -2.06. The van der Waals surface area contributed by atoms with Gasteiger partial charge in [-0.25, -0.2) is 13.1 Å². The summed E-state index contributed by atoms with van der Waals surface area (Å²) in [4.78, 5) is 1.04. The van der Waals surface area contributed by atoms with Crippen LogP contribution in [0.25, 0.3) is 0 Å². The second kappa shape index (κ2) is 7.38. The van der Waals surface area contributed by atoms with Crippen molar-refractivity contribution in [2.45, 2.75) is 24.3 Å². The Morgan fingerprint density at radius 1 is 1.47 bits per heavy atom. The maximum atomic E-state index is 11.9. The van der Waals surface area contributed by atoms with Crippen LogP contribution in [0.3, 0.4) is 0 Å². The van der Waals surface area contributed by atoms with Crippen LogP contribution < -0.4 is 10.5 Å². The summed E-state index contributed by atoms with van der Waals surface area (Å²) in [5.41, 5.74) is 5.50. The van der Waals surface area contributed by atoms with E-state index in [0.29, 0.717) is 16.3 Å². The number of unbranched alkanes of at least 4 members (excludes halogenated alkanes) is 1. The van der Waals surface area contributed by atoms with Crippen molar-refractivity contribution in [2.24, 2.45) is 5.73 Å². The Morgan fingerprint density at radius 3 is 2.88 bits per heavy atom. The van der Waals surface area contributed by atoms with Gasteiger partial charge in [0.1, 0.15) is 0 Å². The Hall–Kier alpha value is -0.0800. The number of hydrogen-bond acceptors (Lipinski definition) is 5. The monoisotopic (exact) mass is 294 g/mol. The smallest absolute Gasteiger partial charge is 0.241 e. The van der Waals surface area contributed by atoms with Gasteiger partial charge >= 0.3 is 0 Å². The van der Waals surface area contributed by atoms with Crippen molar-refractivity contribution >= 4 is 33.1 Å². The minimum Gasteiger partial charge on any atom is -0.326 e. The lowest BCUT2D eigenvalue weighted by Crippen LogP contribution is -2.25. The van der Waals surface area contributed by atoms with Crippen molar-refractivity contribution in [2.75, 3.05) is 18.6 Å². The summed E-state index contributed by atoms with van der Waals surface area (Å²) in [5.74, 6) is 1.06. The molecule has 0 unspecified atom stereocenters. The molecule has 7 heteroatoms. The minimum atomic E-state index is -3.37. The number of thioether (sulfide) groups is 1. The van der Waals surface area contributed by atoms with E-state index in [0.717, 1.165) is 18.6 Å². The van der Waals surface area contributed by atoms with Crippen molar-refractivity contribution in [1.82, 2.24) is 4.72 Å². The van der Waals surface area contributed by atoms with E-state index >= 15 is 0 Å². The molecule has 98 valence electrons. The molecule has 0 saturated heterocycles. The topological polar surface area (TPSA) is 72.2 Å². The van der Waals surface area contributed by atoms with Crippen molar-refractivity contribution in [3.05, 3.63) is 16.3 Å². The van der Waals surface area contributed by atoms with E-state index in [1.54, 1.807) is 23.2 Å². The molecular weight excluding hydrogens is 276 g/mol. The van der Waals surface area contributed by atoms with E-state index in [4.69, 9.17) is 5.73 Å². The first kappa shape index (κ1) is 15.0. The fourth-order valence-corrected chi connectivity index (χ4v) is 4.27. The Balaban J connectivity index is 2.51. The van der Waals surface area contributed by atoms with E-state index in [2.05, 4.69) is 4.72 Å². The number of rotatable bonds is 8. The quantitative estimate of drug-likeness (QED) is 0.715. The fraction of sp³-hybridized carbons (Fsp3) is 0.600. The zero-order chi connectivity index (χ0) is 12.7. The highest BCUT2D eigenvalue weighted by atomic mass is 32.2. The van der Waals surface area contributed by atoms with E-state index in [-0.39, 0.29) is 6.54 Å². The largest absolute Gasteiger partial charge is 0.326 e. The number of nitrogens with two attached hydrogens (primary N) is 1. The van der Waals surface area contributed by atoms with Gasteiger partial charge in [-0.3, -0.25) is 0 Å². The lowest BCUT2D eigenvalue weighted by atomic mass is 10.3. The average molecular weight is 294 g/mol. The second-order valence-corrected chi connectivity index (χ2v) is 7.23. The molecule has 0 atom stereocenters. The van der Waals surface area contributed by atoms with Crippen LogP contribution in [0.1, 0.15) is 17.7 Å². The van der Waals surface area contributed by atoms with Crippen molar-refractivity contribution in [1.29, 1.82) is 0 Å². The molecule has 0 aliphatic rings. The molecule has 0 aromatic carbocycles. The third-order valence-corrected chi connectivity index (χ3v) is 5.56. The molecule has 0 aliphatic heterocycles. The highest BCUT2D eigenvalue weighted by molar-refractivity contribution is 7.98. The molecule has 1 aromatic rings. The van der Waals surface area contributed by atoms with E-state index < -0.39 is 10.0 Å². The molecule has 0 spiro atoms. The molecule has 1 rings (SSSR count). The molecule has 0 bridgehead atoms. The van der Waals surface area contributed by atoms with Crippen LogP contribution in [0.2, 0.25) is 0 Å². The van der Waals surface area contributed by atoms with Crippen molar-refractivity contribution in [3.8, 4) is 0 Å². The summed E-state index contributed by atoms with van der Waals surface area (Å²) in [6, 6.07) is 1.61. The normalized spacial score (nSPS) is 11.9. The first-order chi connectivity index (χ1) is 8.11. The SMILES string of the molecule is CSCCCCNS(=O)(=O)c1ccsc1CN. The Labute approximate surface area is 111 Å². The first-order valence-corrected chi connectivity index (χ1v) is 9.12. The Morgan fingerprint density at radius 2 is 2.24 bits per heavy atom. The van der Waals surface area contributed by atoms with Crippen LogP contribution in [0.5, 0.6) is 0 Å². The van der Waals surface area contributed by atoms with E-state index in [1.807, 2.05) is 6.26 Å². The predicted molar refractivity (Wildman–Crippen MR) is 75.0 cm³/mol. The number of thiophene rings is 1. The molecule has 1 heterocycles. The summed E-state index contributed by atoms with van der Waals surface area (Å²) in [6.45, 7) is 0.753. The molecule has 1 aromatic heterocycles. The Bertz CT molecular complexity index is 429. The van der Waals surface area contributed by atoms with Crippen molar-refractivity contribution < 1.29 is 8.42 Å². The highest BCUT2D eigenvalue weighted by Gasteiger charge is 2.17. The van der Waals surface area contributed by atoms with Crippen LogP contribution in [0.15, 0.2) is 16.3 Å². The second-order valence-electron chi connectivity index (χ2n) is 3.51. The molecular formula is C10H18N2O2S3. The molecule has 3 N–H and O–H groups in total. The van der Waals surface area contributed by atoms with Gasteiger partial charge in [-0.15, -0.1) is 11.3 Å². The highest BCUT2D eigenvalue weighted by Crippen LogP contribution is 2.20. The minimum absolute atomic E-state index is 0.264. The maximum absolute atomic E-state index is 11.9. The van der Waals surface area contributed by atoms with Gasteiger partial charge < -0.3 is 5.73 Å². The summed E-state index contributed by atoms with van der Waals surface area (Å²) in [5, 5.41) is 1.75. The number of hydrogen-bond donors (Lipinski definition) is 2. The van der Waals surface area contributed by atoms with Gasteiger partial charge in [-0.1, -0.05) is 0 Å². The average Bonchev–Trinajstić information content (AvgIpc) is 2.77. The zero-order valence-electron chi connectivity index (χ0n) is 9.81. The summed E-state index contributed by atoms with van der Waals surface area (Å²) in [7, 11) is -3.37. The molecule has 0 aliphatic carbocycles. The zero-order valence-corrected chi connectivity index (χ0v) is 12.3. The Kier molecular flexibility index (Phi) is 6.50. The molecule has 0 fully saturated rings. The van der Waals surface area contributed by atoms with Gasteiger partial charge in [0.15, 0.2) is 0 Å². The molecule has 4 nitrogen and oxygen atoms in total. The molecule has 0 saturated carbocycles. The summed E-state index contributed by atoms with van der Waals surface area (Å²) in [6.07, 6.45) is 3.93. The third-order valence-electron chi connectivity index (χ3n) is 2.25. The van der Waals surface area contributed by atoms with Gasteiger partial charge in [0.25, 0.3) is 0 Å². The summed E-state index contributed by atoms with van der Waals surface area (Å²) < 4.78 is 26.5. The number of nitrogens with one attached hydrogen (secondary N) is 1. The lowest BCUT2D eigenvalue weighted by molar-refractivity contribution is 0.578. The van der Waals surface area contributed by atoms with Gasteiger partial charge in [0.05, 0.1) is 4.90 Å². The van der Waals surface area contributed by atoms with Crippen LogP contribution in [0, 0.1) is 0 Å². The van der Waals surface area contributed by atoms with Gasteiger partial charge in [0.2, 0.25) is 10.0 Å². The van der Waals surface area contributed by atoms with Gasteiger partial charge in [-0.2, -0.15) is 11.8 Å². The molecule has 0 radical (unpaired) electrons. The van der Waals surface area contributed by atoms with Gasteiger partial charge in [0, 0.05) is 18.0 Å². The van der Waals surface area contributed by atoms with Crippen molar-refractivity contribution in [3.63, 3.8) is 0 Å². The van der Waals surface area contributed by atoms with Gasteiger partial charge in [-0.05, 0) is 36.3 Å². The predicted octanol–water partition coefficient (Wildman–Crippen LogP) is 1.63. The van der Waals surface area contributed by atoms with Crippen LogP contribution in [-0.2, 0) is 16.6 Å². The standard InChI is InChI=1S/C10H18N2O2S3/c1-15-6-3-2-5-12-17(13,14)10-4-7-16-9(10)8-11/h4,7,12H,2-3,5-6,8,11H2,1H3. The maximum Gasteiger partial charge on any atom is 0.241 e. The van der Waals surface area contributed by atoms with Crippen LogP contribution in [-0.4, -0.2) is 27.0 Å². The number of sulfonamides is 1. The van der Waals surface area contributed by atoms with E-state index in [1.165, 1.54) is 11.3 Å². The molecule has 17 heavy (non-hydrogen) atoms. The van der Waals surface area contributed by atoms with Crippen LogP contribution in [0.4, 0.5) is 0 Å². The molecule has 0 amide bonds. The third kappa shape index (κ3) is 4.59. The summed E-state index contributed by atoms with van der Waals surface area (Å²) >= 11 is 3.15.